The summed E-state index contributed by atoms with van der Waals surface area (Å²) in [5.41, 5.74) is 7.89. The van der Waals surface area contributed by atoms with Crippen molar-refractivity contribution in [3.8, 4) is 0 Å². The van der Waals surface area contributed by atoms with Gasteiger partial charge in [-0.15, -0.1) is 0 Å². The molecule has 2 aromatic heterocycles. The lowest BCUT2D eigenvalue weighted by Crippen LogP contribution is -2.18. The van der Waals surface area contributed by atoms with Gasteiger partial charge in [-0.2, -0.15) is 0 Å². The van der Waals surface area contributed by atoms with E-state index in [1.807, 2.05) is 6.07 Å². The van der Waals surface area contributed by atoms with Gasteiger partial charge < -0.3 is 15.2 Å². The van der Waals surface area contributed by atoms with Crippen molar-refractivity contribution in [1.29, 1.82) is 0 Å². The van der Waals surface area contributed by atoms with E-state index < -0.39 is 0 Å². The minimum absolute atomic E-state index is 0.338. The van der Waals surface area contributed by atoms with Gasteiger partial charge in [0.2, 0.25) is 5.95 Å². The zero-order valence-electron chi connectivity index (χ0n) is 10.6. The third kappa shape index (κ3) is 2.39. The van der Waals surface area contributed by atoms with Crippen molar-refractivity contribution in [3.63, 3.8) is 0 Å². The lowest BCUT2D eigenvalue weighted by molar-refractivity contribution is 0.362. The van der Waals surface area contributed by atoms with Gasteiger partial charge in [0.25, 0.3) is 0 Å². The first kappa shape index (κ1) is 11.9. The van der Waals surface area contributed by atoms with Crippen LogP contribution in [0.15, 0.2) is 18.5 Å². The molecule has 1 atom stereocenters. The Balaban J connectivity index is 2.30. The zero-order valence-corrected chi connectivity index (χ0v) is 10.6. The second kappa shape index (κ2) is 4.71. The maximum absolute atomic E-state index is 5.97. The highest BCUT2D eigenvalue weighted by atomic mass is 15.2. The predicted molar refractivity (Wildman–Crippen MR) is 69.8 cm³/mol. The summed E-state index contributed by atoms with van der Waals surface area (Å²) in [5.74, 6) is 0.569. The molecule has 1 unspecified atom stereocenters. The van der Waals surface area contributed by atoms with Gasteiger partial charge in [-0.05, 0) is 40.1 Å². The number of hydrogen-bond donors (Lipinski definition) is 1. The summed E-state index contributed by atoms with van der Waals surface area (Å²) in [5, 5.41) is 0. The Bertz CT molecular complexity index is 503. The average molecular weight is 233 g/mol. The molecule has 0 aliphatic heterocycles. The van der Waals surface area contributed by atoms with E-state index in [1.165, 1.54) is 0 Å². The summed E-state index contributed by atoms with van der Waals surface area (Å²) < 4.78 is 2.08. The number of nitrogens with two attached hydrogens (primary N) is 1. The summed E-state index contributed by atoms with van der Waals surface area (Å²) >= 11 is 0. The molecule has 17 heavy (non-hydrogen) atoms. The molecule has 0 spiro atoms. The summed E-state index contributed by atoms with van der Waals surface area (Å²) in [6.45, 7) is 3.20. The van der Waals surface area contributed by atoms with E-state index in [2.05, 4.69) is 40.5 Å². The molecule has 92 valence electrons. The summed E-state index contributed by atoms with van der Waals surface area (Å²) in [7, 11) is 4.15. The highest BCUT2D eigenvalue weighted by Crippen LogP contribution is 2.23. The van der Waals surface area contributed by atoms with Gasteiger partial charge in [-0.25, -0.2) is 4.98 Å². The highest BCUT2D eigenvalue weighted by molar-refractivity contribution is 5.77. The maximum Gasteiger partial charge on any atom is 0.201 e. The van der Waals surface area contributed by atoms with Crippen molar-refractivity contribution in [2.45, 2.75) is 19.4 Å². The number of hydrogen-bond acceptors (Lipinski definition) is 4. The van der Waals surface area contributed by atoms with Crippen LogP contribution in [0.3, 0.4) is 0 Å². The van der Waals surface area contributed by atoms with E-state index in [1.54, 1.807) is 12.4 Å². The lowest BCUT2D eigenvalue weighted by Gasteiger charge is -2.18. The van der Waals surface area contributed by atoms with Crippen molar-refractivity contribution >= 4 is 17.0 Å². The molecule has 5 nitrogen and oxygen atoms in total. The molecule has 2 heterocycles. The smallest absolute Gasteiger partial charge is 0.201 e. The second-order valence-electron chi connectivity index (χ2n) is 4.65. The molecular weight excluding hydrogens is 214 g/mol. The van der Waals surface area contributed by atoms with Crippen molar-refractivity contribution < 1.29 is 0 Å². The number of fused-ring (bicyclic) bond motifs is 1. The Morgan fingerprint density at radius 1 is 1.47 bits per heavy atom. The molecule has 0 saturated carbocycles. The van der Waals surface area contributed by atoms with Crippen LogP contribution in [0.5, 0.6) is 0 Å². The van der Waals surface area contributed by atoms with Crippen molar-refractivity contribution in [2.75, 3.05) is 26.4 Å². The van der Waals surface area contributed by atoms with Crippen LogP contribution in [0.4, 0.5) is 5.95 Å². The van der Waals surface area contributed by atoms with Crippen LogP contribution in [-0.4, -0.2) is 40.1 Å². The first-order chi connectivity index (χ1) is 8.09. The van der Waals surface area contributed by atoms with E-state index in [4.69, 9.17) is 5.73 Å². The molecule has 0 aliphatic carbocycles. The van der Waals surface area contributed by atoms with Crippen LogP contribution in [0, 0.1) is 0 Å². The third-order valence-corrected chi connectivity index (χ3v) is 2.95. The summed E-state index contributed by atoms with van der Waals surface area (Å²) in [4.78, 5) is 10.6. The Labute approximate surface area is 101 Å². The van der Waals surface area contributed by atoms with Crippen LogP contribution in [-0.2, 0) is 0 Å². The second-order valence-corrected chi connectivity index (χ2v) is 4.65. The highest BCUT2D eigenvalue weighted by Gasteiger charge is 2.13. The molecule has 2 N–H and O–H groups in total. The summed E-state index contributed by atoms with van der Waals surface area (Å²) in [6, 6.07) is 2.30. The van der Waals surface area contributed by atoms with Gasteiger partial charge in [-0.1, -0.05) is 0 Å². The van der Waals surface area contributed by atoms with Crippen molar-refractivity contribution in [1.82, 2.24) is 19.4 Å². The maximum atomic E-state index is 5.97. The van der Waals surface area contributed by atoms with Crippen LogP contribution in [0.25, 0.3) is 11.0 Å². The Kier molecular flexibility index (Phi) is 3.28. The first-order valence-corrected chi connectivity index (χ1v) is 5.81. The minimum atomic E-state index is 0.338. The minimum Gasteiger partial charge on any atom is -0.369 e. The van der Waals surface area contributed by atoms with E-state index in [0.717, 1.165) is 24.0 Å². The number of nitrogen functional groups attached to an aromatic ring is 1. The largest absolute Gasteiger partial charge is 0.369 e. The molecule has 0 bridgehead atoms. The number of imidazole rings is 1. The van der Waals surface area contributed by atoms with Crippen LogP contribution >= 0.6 is 0 Å². The van der Waals surface area contributed by atoms with E-state index >= 15 is 0 Å². The van der Waals surface area contributed by atoms with Gasteiger partial charge >= 0.3 is 0 Å². The van der Waals surface area contributed by atoms with Gasteiger partial charge in [0.15, 0.2) is 0 Å². The predicted octanol–water partition coefficient (Wildman–Crippen LogP) is 1.53. The van der Waals surface area contributed by atoms with Crippen LogP contribution < -0.4 is 5.73 Å². The molecule has 5 heteroatoms. The summed E-state index contributed by atoms with van der Waals surface area (Å²) in [6.07, 6.45) is 4.57. The fourth-order valence-electron chi connectivity index (χ4n) is 2.01. The molecule has 0 fully saturated rings. The monoisotopic (exact) mass is 233 g/mol. The fourth-order valence-corrected chi connectivity index (χ4v) is 2.01. The molecule has 2 aromatic rings. The number of anilines is 1. The van der Waals surface area contributed by atoms with Crippen molar-refractivity contribution in [2.24, 2.45) is 0 Å². The van der Waals surface area contributed by atoms with Gasteiger partial charge in [0.05, 0.1) is 11.7 Å². The molecule has 0 amide bonds. The Morgan fingerprint density at radius 3 is 2.94 bits per heavy atom. The number of nitrogens with zero attached hydrogens (tertiary/aromatic N) is 4. The van der Waals surface area contributed by atoms with Gasteiger partial charge in [0.1, 0.15) is 5.52 Å². The Morgan fingerprint density at radius 2 is 2.24 bits per heavy atom. The quantitative estimate of drug-likeness (QED) is 0.870. The molecule has 0 aliphatic rings. The van der Waals surface area contributed by atoms with Gasteiger partial charge in [0, 0.05) is 12.2 Å². The van der Waals surface area contributed by atoms with Crippen molar-refractivity contribution in [3.05, 3.63) is 18.5 Å². The molecule has 2 rings (SSSR count). The fraction of sp³-hybridized carbons (Fsp3) is 0.500. The average Bonchev–Trinajstić information content (AvgIpc) is 2.61. The number of pyridine rings is 1. The normalized spacial score (nSPS) is 13.4. The van der Waals surface area contributed by atoms with Crippen LogP contribution in [0.1, 0.15) is 19.4 Å². The van der Waals surface area contributed by atoms with Crippen LogP contribution in [0.2, 0.25) is 0 Å². The standard InChI is InChI=1S/C12H19N5/c1-9(5-7-16(2)3)17-11-4-6-14-8-10(11)15-12(17)13/h4,6,8-9H,5,7H2,1-3H3,(H2,13,15). The van der Waals surface area contributed by atoms with E-state index in [0.29, 0.717) is 12.0 Å². The number of aromatic nitrogens is 3. The lowest BCUT2D eigenvalue weighted by atomic mass is 10.2. The first-order valence-electron chi connectivity index (χ1n) is 5.81. The number of rotatable bonds is 4. The molecular formula is C12H19N5. The van der Waals surface area contributed by atoms with Gasteiger partial charge in [-0.3, -0.25) is 4.98 Å². The molecule has 0 aromatic carbocycles. The molecule has 0 saturated heterocycles. The van der Waals surface area contributed by atoms with E-state index in [9.17, 15) is 0 Å². The SMILES string of the molecule is CC(CCN(C)C)n1c(N)nc2cnccc21. The topological polar surface area (TPSA) is 60.0 Å². The Hall–Kier alpha value is -1.62. The third-order valence-electron chi connectivity index (χ3n) is 2.95. The zero-order chi connectivity index (χ0) is 12.4. The van der Waals surface area contributed by atoms with E-state index in [-0.39, 0.29) is 0 Å². The molecule has 0 radical (unpaired) electrons.